The summed E-state index contributed by atoms with van der Waals surface area (Å²) in [5.74, 6) is 0.504. The summed E-state index contributed by atoms with van der Waals surface area (Å²) in [4.78, 5) is 25.5. The van der Waals surface area contributed by atoms with Gasteiger partial charge in [0.1, 0.15) is 16.9 Å². The third-order valence-corrected chi connectivity index (χ3v) is 5.43. The molecular weight excluding hydrogens is 390 g/mol. The van der Waals surface area contributed by atoms with Gasteiger partial charge in [0.15, 0.2) is 0 Å². The zero-order valence-corrected chi connectivity index (χ0v) is 18.0. The Morgan fingerprint density at radius 3 is 2.39 bits per heavy atom. The summed E-state index contributed by atoms with van der Waals surface area (Å²) in [6.45, 7) is 6.73. The maximum absolute atomic E-state index is 12.9. The van der Waals surface area contributed by atoms with Crippen LogP contribution in [0.15, 0.2) is 63.8 Å². The first-order chi connectivity index (χ1) is 15.0. The average molecular weight is 415 g/mol. The van der Waals surface area contributed by atoms with E-state index in [1.54, 1.807) is 42.5 Å². The molecule has 0 spiro atoms. The first kappa shape index (κ1) is 20.7. The number of fused-ring (bicyclic) bond motifs is 2. The summed E-state index contributed by atoms with van der Waals surface area (Å²) in [6, 6.07) is 15.9. The molecule has 0 aliphatic rings. The number of nitrogens with one attached hydrogen (secondary N) is 1. The Bertz CT molecular complexity index is 1320. The summed E-state index contributed by atoms with van der Waals surface area (Å²) >= 11 is 0. The van der Waals surface area contributed by atoms with E-state index in [0.717, 1.165) is 29.7 Å². The van der Waals surface area contributed by atoms with E-state index in [9.17, 15) is 9.59 Å². The second-order valence-corrected chi connectivity index (χ2v) is 7.76. The molecule has 1 N–H and O–H groups in total. The number of ether oxygens (including phenoxy) is 1. The first-order valence-corrected chi connectivity index (χ1v) is 10.5. The fraction of sp³-hybridized carbons (Fsp3) is 0.231. The Hall–Kier alpha value is -3.60. The third-order valence-electron chi connectivity index (χ3n) is 5.43. The van der Waals surface area contributed by atoms with Gasteiger partial charge in [-0.15, -0.1) is 0 Å². The highest BCUT2D eigenvalue weighted by Crippen LogP contribution is 2.24. The van der Waals surface area contributed by atoms with Crippen molar-refractivity contribution in [1.82, 2.24) is 0 Å². The van der Waals surface area contributed by atoms with E-state index in [2.05, 4.69) is 12.2 Å². The zero-order valence-electron chi connectivity index (χ0n) is 18.0. The van der Waals surface area contributed by atoms with E-state index < -0.39 is 0 Å². The fourth-order valence-electron chi connectivity index (χ4n) is 3.43. The van der Waals surface area contributed by atoms with Crippen LogP contribution in [0.3, 0.4) is 0 Å². The van der Waals surface area contributed by atoms with Crippen LogP contribution in [0.2, 0.25) is 0 Å². The smallest absolute Gasteiger partial charge is 0.255 e. The Kier molecular flexibility index (Phi) is 5.76. The molecular formula is C26H25NO4. The lowest BCUT2D eigenvalue weighted by Gasteiger charge is -2.09. The van der Waals surface area contributed by atoms with Crippen LogP contribution in [-0.4, -0.2) is 12.5 Å². The lowest BCUT2D eigenvalue weighted by atomic mass is 10.1. The highest BCUT2D eigenvalue weighted by atomic mass is 16.5. The molecule has 31 heavy (non-hydrogen) atoms. The van der Waals surface area contributed by atoms with E-state index in [-0.39, 0.29) is 11.3 Å². The van der Waals surface area contributed by atoms with Crippen LogP contribution in [-0.2, 0) is 0 Å². The van der Waals surface area contributed by atoms with Crippen molar-refractivity contribution >= 4 is 33.5 Å². The van der Waals surface area contributed by atoms with Gasteiger partial charge in [0.25, 0.3) is 5.91 Å². The summed E-state index contributed by atoms with van der Waals surface area (Å²) < 4.78 is 11.6. The van der Waals surface area contributed by atoms with Gasteiger partial charge in [0.05, 0.1) is 17.4 Å². The molecule has 1 heterocycles. The SMILES string of the molecule is CCCCOc1ccc(C(=O)Nc2ccc3c(=O)c4cc(C)c(C)cc4oc3c2)cc1. The van der Waals surface area contributed by atoms with Gasteiger partial charge >= 0.3 is 0 Å². The normalized spacial score (nSPS) is 11.1. The number of amides is 1. The Morgan fingerprint density at radius 2 is 1.65 bits per heavy atom. The van der Waals surface area contributed by atoms with Crippen LogP contribution < -0.4 is 15.5 Å². The number of benzene rings is 3. The van der Waals surface area contributed by atoms with Gasteiger partial charge in [0.2, 0.25) is 5.43 Å². The van der Waals surface area contributed by atoms with Gasteiger partial charge in [-0.25, -0.2) is 0 Å². The molecule has 5 nitrogen and oxygen atoms in total. The average Bonchev–Trinajstić information content (AvgIpc) is 2.76. The molecule has 0 fully saturated rings. The van der Waals surface area contributed by atoms with Crippen molar-refractivity contribution in [2.24, 2.45) is 0 Å². The molecule has 1 aromatic heterocycles. The first-order valence-electron chi connectivity index (χ1n) is 10.5. The summed E-state index contributed by atoms with van der Waals surface area (Å²) in [6.07, 6.45) is 2.07. The number of rotatable bonds is 6. The molecule has 5 heteroatoms. The Balaban J connectivity index is 1.58. The van der Waals surface area contributed by atoms with E-state index in [4.69, 9.17) is 9.15 Å². The minimum Gasteiger partial charge on any atom is -0.494 e. The van der Waals surface area contributed by atoms with Gasteiger partial charge in [-0.05, 0) is 79.9 Å². The van der Waals surface area contributed by atoms with Crippen LogP contribution in [0.1, 0.15) is 41.3 Å². The number of unbranched alkanes of at least 4 members (excludes halogenated alkanes) is 1. The highest BCUT2D eigenvalue weighted by molar-refractivity contribution is 6.05. The van der Waals surface area contributed by atoms with Crippen LogP contribution in [0.25, 0.3) is 21.9 Å². The van der Waals surface area contributed by atoms with Crippen molar-refractivity contribution in [2.75, 3.05) is 11.9 Å². The lowest BCUT2D eigenvalue weighted by Crippen LogP contribution is -2.12. The number of carbonyl (C=O) groups excluding carboxylic acids is 1. The molecule has 0 bridgehead atoms. The molecule has 0 saturated carbocycles. The molecule has 0 radical (unpaired) electrons. The lowest BCUT2D eigenvalue weighted by molar-refractivity contribution is 0.102. The summed E-state index contributed by atoms with van der Waals surface area (Å²) in [5.41, 5.74) is 4.10. The van der Waals surface area contributed by atoms with Gasteiger partial charge in [-0.1, -0.05) is 13.3 Å². The second-order valence-electron chi connectivity index (χ2n) is 7.76. The minimum absolute atomic E-state index is 0.0733. The third kappa shape index (κ3) is 4.31. The van der Waals surface area contributed by atoms with Crippen LogP contribution in [0.5, 0.6) is 5.75 Å². The van der Waals surface area contributed by atoms with E-state index in [1.165, 1.54) is 0 Å². The molecule has 0 aliphatic carbocycles. The Morgan fingerprint density at radius 1 is 0.935 bits per heavy atom. The van der Waals surface area contributed by atoms with Crippen molar-refractivity contribution in [3.05, 3.63) is 81.5 Å². The van der Waals surface area contributed by atoms with Gasteiger partial charge in [-0.3, -0.25) is 9.59 Å². The molecule has 3 aromatic carbocycles. The minimum atomic E-state index is -0.242. The second kappa shape index (κ2) is 8.64. The predicted molar refractivity (Wildman–Crippen MR) is 124 cm³/mol. The van der Waals surface area contributed by atoms with Crippen molar-refractivity contribution in [1.29, 1.82) is 0 Å². The number of hydrogen-bond donors (Lipinski definition) is 1. The molecule has 0 atom stereocenters. The van der Waals surface area contributed by atoms with Crippen LogP contribution in [0, 0.1) is 13.8 Å². The van der Waals surface area contributed by atoms with E-state index in [0.29, 0.717) is 39.8 Å². The maximum atomic E-state index is 12.9. The summed E-state index contributed by atoms with van der Waals surface area (Å²) in [7, 11) is 0. The number of aryl methyl sites for hydroxylation is 2. The van der Waals surface area contributed by atoms with Crippen molar-refractivity contribution in [3.63, 3.8) is 0 Å². The number of carbonyl (C=O) groups is 1. The molecule has 0 aliphatic heterocycles. The molecule has 0 saturated heterocycles. The maximum Gasteiger partial charge on any atom is 0.255 e. The summed E-state index contributed by atoms with van der Waals surface area (Å²) in [5, 5.41) is 3.92. The monoisotopic (exact) mass is 415 g/mol. The molecule has 0 unspecified atom stereocenters. The zero-order chi connectivity index (χ0) is 22.0. The van der Waals surface area contributed by atoms with E-state index >= 15 is 0 Å². The molecule has 4 aromatic rings. The van der Waals surface area contributed by atoms with Gasteiger partial charge in [0, 0.05) is 17.3 Å². The number of anilines is 1. The predicted octanol–water partition coefficient (Wildman–Crippen LogP) is 5.99. The van der Waals surface area contributed by atoms with Gasteiger partial charge in [-0.2, -0.15) is 0 Å². The van der Waals surface area contributed by atoms with Crippen LogP contribution >= 0.6 is 0 Å². The van der Waals surface area contributed by atoms with Crippen LogP contribution in [0.4, 0.5) is 5.69 Å². The molecule has 158 valence electrons. The topological polar surface area (TPSA) is 68.5 Å². The van der Waals surface area contributed by atoms with Gasteiger partial charge < -0.3 is 14.5 Å². The Labute approximate surface area is 180 Å². The molecule has 4 rings (SSSR count). The van der Waals surface area contributed by atoms with E-state index in [1.807, 2.05) is 26.0 Å². The van der Waals surface area contributed by atoms with Crippen molar-refractivity contribution < 1.29 is 13.9 Å². The number of hydrogen-bond acceptors (Lipinski definition) is 4. The quantitative estimate of drug-likeness (QED) is 0.310. The standard InChI is InChI=1S/C26H25NO4/c1-4-5-12-30-20-9-6-18(7-10-20)26(29)27-19-8-11-21-24(15-19)31-23-14-17(3)16(2)13-22(23)25(21)28/h6-11,13-15H,4-5,12H2,1-3H3,(H,27,29). The highest BCUT2D eigenvalue weighted by Gasteiger charge is 2.12. The fourth-order valence-corrected chi connectivity index (χ4v) is 3.43. The van der Waals surface area contributed by atoms with Crippen molar-refractivity contribution in [2.45, 2.75) is 33.6 Å². The van der Waals surface area contributed by atoms with Crippen molar-refractivity contribution in [3.8, 4) is 5.75 Å². The molecule has 1 amide bonds. The largest absolute Gasteiger partial charge is 0.494 e.